The molecule has 4 heteroatoms. The summed E-state index contributed by atoms with van der Waals surface area (Å²) in [4.78, 5) is 0. The molecule has 0 aliphatic heterocycles. The lowest BCUT2D eigenvalue weighted by Crippen LogP contribution is -2.50. The van der Waals surface area contributed by atoms with E-state index in [0.29, 0.717) is 13.0 Å². The maximum Gasteiger partial charge on any atom is 0.0676 e. The molecule has 1 fully saturated rings. The highest BCUT2D eigenvalue weighted by atomic mass is 16.5. The molecule has 1 rings (SSSR count). The lowest BCUT2D eigenvalue weighted by atomic mass is 9.66. The molecule has 0 aromatic heterocycles. The second kappa shape index (κ2) is 11.5. The maximum atomic E-state index is 10.1. The van der Waals surface area contributed by atoms with Gasteiger partial charge < -0.3 is 20.3 Å². The van der Waals surface area contributed by atoms with Crippen molar-refractivity contribution >= 4 is 0 Å². The van der Waals surface area contributed by atoms with Gasteiger partial charge in [0.25, 0.3) is 0 Å². The van der Waals surface area contributed by atoms with E-state index in [-0.39, 0.29) is 23.5 Å². The molecule has 0 saturated heterocycles. The maximum absolute atomic E-state index is 10.1. The summed E-state index contributed by atoms with van der Waals surface area (Å²) >= 11 is 0. The predicted octanol–water partition coefficient (Wildman–Crippen LogP) is 3.89. The van der Waals surface area contributed by atoms with Gasteiger partial charge in [-0.1, -0.05) is 52.9 Å². The third kappa shape index (κ3) is 6.99. The van der Waals surface area contributed by atoms with Gasteiger partial charge in [0.15, 0.2) is 0 Å². The first-order chi connectivity index (χ1) is 11.5. The Morgan fingerprint density at radius 2 is 1.83 bits per heavy atom. The van der Waals surface area contributed by atoms with Crippen LogP contribution in [-0.4, -0.2) is 43.7 Å². The zero-order chi connectivity index (χ0) is 18.0. The predicted molar refractivity (Wildman–Crippen MR) is 100 cm³/mol. The van der Waals surface area contributed by atoms with Gasteiger partial charge >= 0.3 is 0 Å². The van der Waals surface area contributed by atoms with E-state index in [1.165, 1.54) is 32.1 Å². The molecule has 0 heterocycles. The van der Waals surface area contributed by atoms with Gasteiger partial charge in [-0.15, -0.1) is 0 Å². The highest BCUT2D eigenvalue weighted by Crippen LogP contribution is 2.43. The zero-order valence-corrected chi connectivity index (χ0v) is 16.4. The van der Waals surface area contributed by atoms with Crippen LogP contribution in [0.25, 0.3) is 0 Å². The van der Waals surface area contributed by atoms with Gasteiger partial charge in [-0.25, -0.2) is 0 Å². The summed E-state index contributed by atoms with van der Waals surface area (Å²) < 4.78 is 12.1. The highest BCUT2D eigenvalue weighted by Gasteiger charge is 2.45. The van der Waals surface area contributed by atoms with E-state index in [0.717, 1.165) is 25.9 Å². The van der Waals surface area contributed by atoms with Crippen LogP contribution in [-0.2, 0) is 9.47 Å². The Kier molecular flexibility index (Phi) is 10.4. The molecule has 0 aromatic rings. The van der Waals surface area contributed by atoms with E-state index >= 15 is 0 Å². The van der Waals surface area contributed by atoms with Crippen molar-refractivity contribution in [1.29, 1.82) is 0 Å². The summed E-state index contributed by atoms with van der Waals surface area (Å²) in [7, 11) is 1.78. The van der Waals surface area contributed by atoms with Gasteiger partial charge in [0.1, 0.15) is 0 Å². The Balaban J connectivity index is 2.50. The first-order valence-electron chi connectivity index (χ1n) is 9.98. The van der Waals surface area contributed by atoms with E-state index in [1.54, 1.807) is 7.11 Å². The van der Waals surface area contributed by atoms with Gasteiger partial charge in [0, 0.05) is 26.2 Å². The van der Waals surface area contributed by atoms with Crippen molar-refractivity contribution < 1.29 is 14.6 Å². The Morgan fingerprint density at radius 3 is 2.46 bits per heavy atom. The zero-order valence-electron chi connectivity index (χ0n) is 16.4. The van der Waals surface area contributed by atoms with Gasteiger partial charge in [-0.2, -0.15) is 0 Å². The van der Waals surface area contributed by atoms with Gasteiger partial charge in [0.2, 0.25) is 0 Å². The van der Waals surface area contributed by atoms with Crippen LogP contribution in [0.3, 0.4) is 0 Å². The van der Waals surface area contributed by atoms with Crippen molar-refractivity contribution in [3.63, 3.8) is 0 Å². The van der Waals surface area contributed by atoms with E-state index in [4.69, 9.17) is 15.2 Å². The first kappa shape index (κ1) is 21.9. The third-order valence-electron chi connectivity index (χ3n) is 5.61. The van der Waals surface area contributed by atoms with Crippen LogP contribution in [0.5, 0.6) is 0 Å². The van der Waals surface area contributed by atoms with Crippen LogP contribution in [0, 0.1) is 11.3 Å². The minimum absolute atomic E-state index is 0.113. The van der Waals surface area contributed by atoms with Gasteiger partial charge in [0.05, 0.1) is 18.3 Å². The van der Waals surface area contributed by atoms with E-state index in [9.17, 15) is 5.11 Å². The largest absolute Gasteiger partial charge is 0.392 e. The average Bonchev–Trinajstić information content (AvgIpc) is 2.55. The monoisotopic (exact) mass is 343 g/mol. The fourth-order valence-electron chi connectivity index (χ4n) is 4.15. The summed E-state index contributed by atoms with van der Waals surface area (Å²) in [5.74, 6) is 0.220. The number of unbranched alkanes of at least 4 members (excludes halogenated alkanes) is 5. The molecule has 3 N–H and O–H groups in total. The fourth-order valence-corrected chi connectivity index (χ4v) is 4.15. The number of hydrogen-bond donors (Lipinski definition) is 2. The molecule has 1 aliphatic rings. The Morgan fingerprint density at radius 1 is 1.17 bits per heavy atom. The molecule has 1 saturated carbocycles. The number of rotatable bonds is 12. The SMILES string of the molecule is CCCCCCCCO[C@@H]1CCC(C)(C)[C@H](OC)[C@@H]1CC(O)CN. The van der Waals surface area contributed by atoms with Crippen LogP contribution < -0.4 is 5.73 Å². The van der Waals surface area contributed by atoms with Gasteiger partial charge in [-0.3, -0.25) is 0 Å². The van der Waals surface area contributed by atoms with Crippen LogP contribution in [0.1, 0.15) is 78.6 Å². The summed E-state index contributed by atoms with van der Waals surface area (Å²) in [6.07, 6.45) is 10.3. The van der Waals surface area contributed by atoms with E-state index < -0.39 is 6.10 Å². The summed E-state index contributed by atoms with van der Waals surface area (Å²) in [6, 6.07) is 0. The van der Waals surface area contributed by atoms with Crippen molar-refractivity contribution in [2.45, 2.75) is 96.9 Å². The molecule has 4 nitrogen and oxygen atoms in total. The summed E-state index contributed by atoms with van der Waals surface area (Å²) in [5.41, 5.74) is 5.76. The van der Waals surface area contributed by atoms with Gasteiger partial charge in [-0.05, 0) is 31.1 Å². The second-order valence-electron chi connectivity index (χ2n) is 8.15. The molecule has 0 bridgehead atoms. The molecule has 0 radical (unpaired) electrons. The minimum atomic E-state index is -0.471. The molecule has 0 aromatic carbocycles. The van der Waals surface area contributed by atoms with Crippen molar-refractivity contribution in [3.8, 4) is 0 Å². The molecule has 24 heavy (non-hydrogen) atoms. The number of methoxy groups -OCH3 is 1. The molecule has 0 amide bonds. The normalized spacial score (nSPS) is 28.0. The fraction of sp³-hybridized carbons (Fsp3) is 1.00. The number of aliphatic hydroxyl groups is 1. The quantitative estimate of drug-likeness (QED) is 0.528. The number of ether oxygens (including phenoxy) is 2. The molecule has 0 spiro atoms. The molecule has 1 unspecified atom stereocenters. The topological polar surface area (TPSA) is 64.7 Å². The van der Waals surface area contributed by atoms with Crippen molar-refractivity contribution in [1.82, 2.24) is 0 Å². The van der Waals surface area contributed by atoms with Crippen LogP contribution in [0.4, 0.5) is 0 Å². The van der Waals surface area contributed by atoms with E-state index in [2.05, 4.69) is 20.8 Å². The number of nitrogens with two attached hydrogens (primary N) is 1. The summed E-state index contributed by atoms with van der Waals surface area (Å²) in [5, 5.41) is 10.1. The van der Waals surface area contributed by atoms with Crippen LogP contribution in [0.15, 0.2) is 0 Å². The lowest BCUT2D eigenvalue weighted by Gasteiger charge is -2.47. The first-order valence-corrected chi connectivity index (χ1v) is 9.98. The van der Waals surface area contributed by atoms with Crippen LogP contribution >= 0.6 is 0 Å². The Labute approximate surface area is 149 Å². The number of aliphatic hydroxyl groups excluding tert-OH is 1. The second-order valence-corrected chi connectivity index (χ2v) is 8.15. The van der Waals surface area contributed by atoms with Crippen LogP contribution in [0.2, 0.25) is 0 Å². The van der Waals surface area contributed by atoms with Crippen molar-refractivity contribution in [2.24, 2.45) is 17.1 Å². The Bertz CT molecular complexity index is 322. The molecule has 144 valence electrons. The molecule has 4 atom stereocenters. The number of hydrogen-bond acceptors (Lipinski definition) is 4. The summed E-state index contributed by atoms with van der Waals surface area (Å²) in [6.45, 7) is 7.88. The standard InChI is InChI=1S/C20H41NO3/c1-5-6-7-8-9-10-13-24-18-11-12-20(2,3)19(23-4)17(18)14-16(22)15-21/h16-19,22H,5-15,21H2,1-4H3/t16?,17-,18-,19-/m1/s1. The van der Waals surface area contributed by atoms with Crippen molar-refractivity contribution in [3.05, 3.63) is 0 Å². The van der Waals surface area contributed by atoms with Crippen molar-refractivity contribution in [2.75, 3.05) is 20.3 Å². The average molecular weight is 344 g/mol. The third-order valence-corrected chi connectivity index (χ3v) is 5.61. The smallest absolute Gasteiger partial charge is 0.0676 e. The highest BCUT2D eigenvalue weighted by molar-refractivity contribution is 4.95. The molecular formula is C20H41NO3. The minimum Gasteiger partial charge on any atom is -0.392 e. The molecular weight excluding hydrogens is 302 g/mol. The molecule has 1 aliphatic carbocycles. The van der Waals surface area contributed by atoms with E-state index in [1.807, 2.05) is 0 Å². The Hall–Kier alpha value is -0.160. The lowest BCUT2D eigenvalue weighted by molar-refractivity contribution is -0.140.